The van der Waals surface area contributed by atoms with Gasteiger partial charge in [0.05, 0.1) is 0 Å². The molecule has 0 saturated carbocycles. The molecule has 0 fully saturated rings. The number of halogens is 2. The zero-order valence-corrected chi connectivity index (χ0v) is 7.07. The van der Waals surface area contributed by atoms with Gasteiger partial charge in [0.25, 0.3) is 0 Å². The van der Waals surface area contributed by atoms with Crippen molar-refractivity contribution < 1.29 is 8.78 Å². The van der Waals surface area contributed by atoms with Crippen molar-refractivity contribution in [2.24, 2.45) is 5.73 Å². The minimum Gasteiger partial charge on any atom is -0.324 e. The van der Waals surface area contributed by atoms with E-state index in [4.69, 9.17) is 5.73 Å². The third-order valence-corrected chi connectivity index (χ3v) is 1.80. The molecule has 0 amide bonds. The van der Waals surface area contributed by atoms with Gasteiger partial charge < -0.3 is 5.73 Å². The molecule has 0 aliphatic carbocycles. The average Bonchev–Trinajstić information content (AvgIpc) is 2.00. The largest absolute Gasteiger partial charge is 0.324 e. The van der Waals surface area contributed by atoms with Crippen LogP contribution >= 0.6 is 0 Å². The lowest BCUT2D eigenvalue weighted by Crippen LogP contribution is -2.09. The van der Waals surface area contributed by atoms with E-state index >= 15 is 0 Å². The van der Waals surface area contributed by atoms with Crippen LogP contribution in [0.1, 0.15) is 24.1 Å². The molecule has 1 aromatic carbocycles. The summed E-state index contributed by atoms with van der Waals surface area (Å²) in [6.07, 6.45) is 0. The molecule has 2 N–H and O–H groups in total. The van der Waals surface area contributed by atoms with Crippen LogP contribution in [-0.4, -0.2) is 0 Å². The fourth-order valence-corrected chi connectivity index (χ4v) is 1.01. The first-order chi connectivity index (χ1) is 5.54. The van der Waals surface area contributed by atoms with Crippen LogP contribution in [0, 0.1) is 18.6 Å². The summed E-state index contributed by atoms with van der Waals surface area (Å²) >= 11 is 0. The summed E-state index contributed by atoms with van der Waals surface area (Å²) in [4.78, 5) is 0. The molecule has 66 valence electrons. The van der Waals surface area contributed by atoms with Crippen molar-refractivity contribution in [2.45, 2.75) is 19.9 Å². The van der Waals surface area contributed by atoms with E-state index in [0.717, 1.165) is 0 Å². The normalized spacial score (nSPS) is 13.1. The first kappa shape index (κ1) is 9.13. The number of nitrogens with two attached hydrogens (primary N) is 1. The van der Waals surface area contributed by atoms with Gasteiger partial charge in [0.1, 0.15) is 0 Å². The van der Waals surface area contributed by atoms with Crippen molar-refractivity contribution in [3.8, 4) is 0 Å². The molecule has 0 saturated heterocycles. The van der Waals surface area contributed by atoms with E-state index in [9.17, 15) is 8.78 Å². The van der Waals surface area contributed by atoms with Gasteiger partial charge in [0.15, 0.2) is 11.6 Å². The maximum absolute atomic E-state index is 13.1. The maximum Gasteiger partial charge on any atom is 0.163 e. The highest BCUT2D eigenvalue weighted by Gasteiger charge is 2.12. The molecule has 0 aromatic heterocycles. The predicted octanol–water partition coefficient (Wildman–Crippen LogP) is 2.29. The van der Waals surface area contributed by atoms with Crippen LogP contribution in [0.25, 0.3) is 0 Å². The van der Waals surface area contributed by atoms with Crippen LogP contribution in [-0.2, 0) is 0 Å². The van der Waals surface area contributed by atoms with Gasteiger partial charge in [-0.25, -0.2) is 8.78 Å². The van der Waals surface area contributed by atoms with Crippen molar-refractivity contribution in [3.05, 3.63) is 34.9 Å². The highest BCUT2D eigenvalue weighted by atomic mass is 19.2. The Labute approximate surface area is 70.2 Å². The van der Waals surface area contributed by atoms with Crippen LogP contribution in [0.3, 0.4) is 0 Å². The van der Waals surface area contributed by atoms with Crippen LogP contribution < -0.4 is 5.73 Å². The van der Waals surface area contributed by atoms with E-state index in [1.807, 2.05) is 0 Å². The summed E-state index contributed by atoms with van der Waals surface area (Å²) in [7, 11) is 0. The van der Waals surface area contributed by atoms with Crippen molar-refractivity contribution in [2.75, 3.05) is 0 Å². The number of aryl methyl sites for hydroxylation is 1. The summed E-state index contributed by atoms with van der Waals surface area (Å²) in [5.41, 5.74) is 5.95. The molecule has 12 heavy (non-hydrogen) atoms. The van der Waals surface area contributed by atoms with Gasteiger partial charge in [-0.1, -0.05) is 12.1 Å². The second kappa shape index (κ2) is 3.19. The molecule has 1 atom stereocenters. The smallest absolute Gasteiger partial charge is 0.163 e. The summed E-state index contributed by atoms with van der Waals surface area (Å²) in [6.45, 7) is 3.14. The van der Waals surface area contributed by atoms with Gasteiger partial charge in [-0.2, -0.15) is 0 Å². The predicted molar refractivity (Wildman–Crippen MR) is 43.7 cm³/mol. The Balaban J connectivity index is 3.27. The molecule has 3 heteroatoms. The Kier molecular flexibility index (Phi) is 2.43. The fourth-order valence-electron chi connectivity index (χ4n) is 1.01. The summed E-state index contributed by atoms with van der Waals surface area (Å²) < 4.78 is 26.0. The molecule has 0 aliphatic rings. The number of hydrogen-bond acceptors (Lipinski definition) is 1. The fraction of sp³-hybridized carbons (Fsp3) is 0.333. The van der Waals surface area contributed by atoms with Crippen molar-refractivity contribution >= 4 is 0 Å². The molecule has 0 heterocycles. The van der Waals surface area contributed by atoms with Gasteiger partial charge in [0.2, 0.25) is 0 Å². The Bertz CT molecular complexity index is 295. The standard InChI is InChI=1S/C9H11F2N/c1-5-3-4-7(6(2)12)9(11)8(5)10/h3-4,6H,12H2,1-2H3/t6-/m1/s1. The first-order valence-electron chi connectivity index (χ1n) is 3.74. The first-order valence-corrected chi connectivity index (χ1v) is 3.74. The molecule has 0 radical (unpaired) electrons. The van der Waals surface area contributed by atoms with Crippen molar-refractivity contribution in [1.82, 2.24) is 0 Å². The Morgan fingerprint density at radius 2 is 1.83 bits per heavy atom. The van der Waals surface area contributed by atoms with Gasteiger partial charge in [0, 0.05) is 11.6 Å². The van der Waals surface area contributed by atoms with E-state index in [1.165, 1.54) is 19.1 Å². The molecule has 1 nitrogen and oxygen atoms in total. The molecule has 0 unspecified atom stereocenters. The Morgan fingerprint density at radius 1 is 1.25 bits per heavy atom. The van der Waals surface area contributed by atoms with Gasteiger partial charge in [-0.05, 0) is 19.4 Å². The van der Waals surface area contributed by atoms with Crippen molar-refractivity contribution in [3.63, 3.8) is 0 Å². The minimum absolute atomic E-state index is 0.220. The lowest BCUT2D eigenvalue weighted by Gasteiger charge is -2.08. The van der Waals surface area contributed by atoms with Crippen LogP contribution in [0.2, 0.25) is 0 Å². The Hall–Kier alpha value is -0.960. The summed E-state index contributed by atoms with van der Waals surface area (Å²) in [6, 6.07) is 2.57. The second-order valence-electron chi connectivity index (χ2n) is 2.89. The topological polar surface area (TPSA) is 26.0 Å². The van der Waals surface area contributed by atoms with E-state index in [1.54, 1.807) is 6.92 Å². The SMILES string of the molecule is Cc1ccc([C@@H](C)N)c(F)c1F. The summed E-state index contributed by atoms with van der Waals surface area (Å²) in [5, 5.41) is 0. The average molecular weight is 171 g/mol. The van der Waals surface area contributed by atoms with Crippen molar-refractivity contribution in [1.29, 1.82) is 0 Å². The highest BCUT2D eigenvalue weighted by molar-refractivity contribution is 5.27. The lowest BCUT2D eigenvalue weighted by molar-refractivity contribution is 0.487. The Morgan fingerprint density at radius 3 is 2.33 bits per heavy atom. The van der Waals surface area contributed by atoms with E-state index in [0.29, 0.717) is 5.56 Å². The van der Waals surface area contributed by atoms with Gasteiger partial charge in [-0.15, -0.1) is 0 Å². The minimum atomic E-state index is -0.829. The van der Waals surface area contributed by atoms with E-state index in [2.05, 4.69) is 0 Å². The quantitative estimate of drug-likeness (QED) is 0.689. The molecule has 1 aromatic rings. The number of rotatable bonds is 1. The number of hydrogen-bond donors (Lipinski definition) is 1. The lowest BCUT2D eigenvalue weighted by atomic mass is 10.1. The van der Waals surface area contributed by atoms with Gasteiger partial charge >= 0.3 is 0 Å². The zero-order chi connectivity index (χ0) is 9.30. The molecule has 0 aliphatic heterocycles. The molecular formula is C9H11F2N. The van der Waals surface area contributed by atoms with Gasteiger partial charge in [-0.3, -0.25) is 0 Å². The maximum atomic E-state index is 13.1. The monoisotopic (exact) mass is 171 g/mol. The molecule has 0 bridgehead atoms. The molecule has 0 spiro atoms. The third-order valence-electron chi connectivity index (χ3n) is 1.80. The van der Waals surface area contributed by atoms with E-state index in [-0.39, 0.29) is 5.56 Å². The zero-order valence-electron chi connectivity index (χ0n) is 7.07. The van der Waals surface area contributed by atoms with Crippen LogP contribution in [0.5, 0.6) is 0 Å². The van der Waals surface area contributed by atoms with Crippen LogP contribution in [0.15, 0.2) is 12.1 Å². The third kappa shape index (κ3) is 1.46. The van der Waals surface area contributed by atoms with E-state index < -0.39 is 17.7 Å². The summed E-state index contributed by atoms with van der Waals surface area (Å²) in [5.74, 6) is -1.63. The molecule has 1 rings (SSSR count). The highest BCUT2D eigenvalue weighted by Crippen LogP contribution is 2.19. The second-order valence-corrected chi connectivity index (χ2v) is 2.89. The molecular weight excluding hydrogens is 160 g/mol. The van der Waals surface area contributed by atoms with Crippen LogP contribution in [0.4, 0.5) is 8.78 Å². The number of benzene rings is 1.